The predicted molar refractivity (Wildman–Crippen MR) is 46.1 cm³/mol. The molecule has 0 amide bonds. The Labute approximate surface area is 73.9 Å². The molecule has 0 bridgehead atoms. The van der Waals surface area contributed by atoms with Crippen LogP contribution < -0.4 is 5.32 Å². The summed E-state index contributed by atoms with van der Waals surface area (Å²) in [5.41, 5.74) is 0. The number of piperidine rings is 1. The summed E-state index contributed by atoms with van der Waals surface area (Å²) < 4.78 is 10.5. The number of halogens is 1. The molecule has 1 fully saturated rings. The molecular formula is C7H16ClNO2. The maximum atomic E-state index is 5.27. The molecule has 1 saturated heterocycles. The van der Waals surface area contributed by atoms with Gasteiger partial charge in [-0.25, -0.2) is 0 Å². The largest absolute Gasteiger partial charge is 0.353 e. The summed E-state index contributed by atoms with van der Waals surface area (Å²) in [5, 5.41) is 3.25. The van der Waals surface area contributed by atoms with Crippen molar-refractivity contribution in [3.8, 4) is 0 Å². The smallest absolute Gasteiger partial charge is 0.169 e. The van der Waals surface area contributed by atoms with Crippen molar-refractivity contribution in [2.45, 2.75) is 18.6 Å². The number of ether oxygens (including phenoxy) is 2. The van der Waals surface area contributed by atoms with Gasteiger partial charge in [0, 0.05) is 40.2 Å². The molecule has 1 rings (SSSR count). The number of nitrogens with one attached hydrogen (secondary N) is 1. The van der Waals surface area contributed by atoms with Gasteiger partial charge in [0.2, 0.25) is 0 Å². The van der Waals surface area contributed by atoms with Gasteiger partial charge in [-0.1, -0.05) is 0 Å². The predicted octanol–water partition coefficient (Wildman–Crippen LogP) is 0.781. The minimum atomic E-state index is -0.300. The van der Waals surface area contributed by atoms with Crippen molar-refractivity contribution in [2.24, 2.45) is 0 Å². The second-order valence-corrected chi connectivity index (χ2v) is 2.57. The summed E-state index contributed by atoms with van der Waals surface area (Å²) in [4.78, 5) is 0. The van der Waals surface area contributed by atoms with Crippen LogP contribution in [0.25, 0.3) is 0 Å². The monoisotopic (exact) mass is 181 g/mol. The van der Waals surface area contributed by atoms with E-state index in [-0.39, 0.29) is 18.2 Å². The highest BCUT2D eigenvalue weighted by molar-refractivity contribution is 5.85. The highest BCUT2D eigenvalue weighted by Crippen LogP contribution is 2.22. The van der Waals surface area contributed by atoms with Crippen molar-refractivity contribution in [3.05, 3.63) is 0 Å². The van der Waals surface area contributed by atoms with Gasteiger partial charge in [0.15, 0.2) is 5.79 Å². The van der Waals surface area contributed by atoms with Crippen LogP contribution in [0.3, 0.4) is 0 Å². The SMILES string of the molecule is COC1(OC)CCNCC1.Cl. The van der Waals surface area contributed by atoms with Crippen LogP contribution in [0, 0.1) is 0 Å². The second kappa shape index (κ2) is 4.93. The van der Waals surface area contributed by atoms with Crippen molar-refractivity contribution in [1.29, 1.82) is 0 Å². The Morgan fingerprint density at radius 3 is 1.82 bits per heavy atom. The zero-order valence-corrected chi connectivity index (χ0v) is 7.87. The van der Waals surface area contributed by atoms with Crippen LogP contribution in [0.2, 0.25) is 0 Å². The molecule has 1 aliphatic rings. The summed E-state index contributed by atoms with van der Waals surface area (Å²) in [7, 11) is 3.41. The van der Waals surface area contributed by atoms with Crippen LogP contribution in [0.5, 0.6) is 0 Å². The first-order chi connectivity index (χ1) is 4.83. The maximum absolute atomic E-state index is 5.27. The highest BCUT2D eigenvalue weighted by Gasteiger charge is 2.30. The van der Waals surface area contributed by atoms with Crippen LogP contribution in [-0.4, -0.2) is 33.1 Å². The van der Waals surface area contributed by atoms with Crippen LogP contribution in [0.15, 0.2) is 0 Å². The van der Waals surface area contributed by atoms with E-state index >= 15 is 0 Å². The van der Waals surface area contributed by atoms with Gasteiger partial charge in [-0.15, -0.1) is 12.4 Å². The molecule has 0 aromatic heterocycles. The normalized spacial score (nSPS) is 22.4. The highest BCUT2D eigenvalue weighted by atomic mass is 35.5. The standard InChI is InChI=1S/C7H15NO2.ClH/c1-9-7(10-2)3-5-8-6-4-7;/h8H,3-6H2,1-2H3;1H. The van der Waals surface area contributed by atoms with Crippen LogP contribution in [0.1, 0.15) is 12.8 Å². The molecule has 0 aromatic carbocycles. The van der Waals surface area contributed by atoms with Gasteiger partial charge in [-0.3, -0.25) is 0 Å². The summed E-state index contributed by atoms with van der Waals surface area (Å²) in [6.45, 7) is 1.98. The first kappa shape index (κ1) is 11.2. The third kappa shape index (κ3) is 2.60. The van der Waals surface area contributed by atoms with Gasteiger partial charge in [0.1, 0.15) is 0 Å². The lowest BCUT2D eigenvalue weighted by Crippen LogP contribution is -2.44. The van der Waals surface area contributed by atoms with Crippen LogP contribution in [-0.2, 0) is 9.47 Å². The number of hydrogen-bond acceptors (Lipinski definition) is 3. The van der Waals surface area contributed by atoms with E-state index in [1.54, 1.807) is 14.2 Å². The molecular weight excluding hydrogens is 166 g/mol. The summed E-state index contributed by atoms with van der Waals surface area (Å²) in [6, 6.07) is 0. The molecule has 3 nitrogen and oxygen atoms in total. The maximum Gasteiger partial charge on any atom is 0.169 e. The van der Waals surface area contributed by atoms with Gasteiger partial charge < -0.3 is 14.8 Å². The molecule has 11 heavy (non-hydrogen) atoms. The minimum absolute atomic E-state index is 0. The summed E-state index contributed by atoms with van der Waals surface area (Å²) >= 11 is 0. The lowest BCUT2D eigenvalue weighted by Gasteiger charge is -2.34. The van der Waals surface area contributed by atoms with E-state index in [2.05, 4.69) is 5.32 Å². The fourth-order valence-corrected chi connectivity index (χ4v) is 1.30. The molecule has 0 saturated carbocycles. The zero-order valence-electron chi connectivity index (χ0n) is 7.05. The van der Waals surface area contributed by atoms with Crippen molar-refractivity contribution >= 4 is 12.4 Å². The molecule has 1 aliphatic heterocycles. The lowest BCUT2D eigenvalue weighted by molar-refractivity contribution is -0.219. The molecule has 0 aliphatic carbocycles. The van der Waals surface area contributed by atoms with Crippen LogP contribution >= 0.6 is 12.4 Å². The lowest BCUT2D eigenvalue weighted by atomic mass is 10.1. The van der Waals surface area contributed by atoms with Crippen molar-refractivity contribution in [1.82, 2.24) is 5.32 Å². The molecule has 0 spiro atoms. The Morgan fingerprint density at radius 2 is 1.55 bits per heavy atom. The molecule has 4 heteroatoms. The average molecular weight is 182 g/mol. The third-order valence-corrected chi connectivity index (χ3v) is 2.11. The van der Waals surface area contributed by atoms with Gasteiger partial charge in [-0.2, -0.15) is 0 Å². The van der Waals surface area contributed by atoms with E-state index in [1.165, 1.54) is 0 Å². The van der Waals surface area contributed by atoms with Gasteiger partial charge in [-0.05, 0) is 0 Å². The van der Waals surface area contributed by atoms with Crippen molar-refractivity contribution in [2.75, 3.05) is 27.3 Å². The number of methoxy groups -OCH3 is 2. The van der Waals surface area contributed by atoms with Gasteiger partial charge >= 0.3 is 0 Å². The molecule has 0 atom stereocenters. The van der Waals surface area contributed by atoms with E-state index < -0.39 is 0 Å². The number of rotatable bonds is 2. The molecule has 68 valence electrons. The van der Waals surface area contributed by atoms with E-state index in [0.29, 0.717) is 0 Å². The molecule has 0 unspecified atom stereocenters. The molecule has 0 radical (unpaired) electrons. The Bertz CT molecular complexity index is 98.6. The summed E-state index contributed by atoms with van der Waals surface area (Å²) in [5.74, 6) is -0.300. The summed E-state index contributed by atoms with van der Waals surface area (Å²) in [6.07, 6.45) is 1.89. The first-order valence-corrected chi connectivity index (χ1v) is 3.64. The zero-order chi connectivity index (χ0) is 7.45. The van der Waals surface area contributed by atoms with E-state index in [9.17, 15) is 0 Å². The molecule has 0 aromatic rings. The fourth-order valence-electron chi connectivity index (χ4n) is 1.30. The van der Waals surface area contributed by atoms with E-state index in [4.69, 9.17) is 9.47 Å². The minimum Gasteiger partial charge on any atom is -0.353 e. The second-order valence-electron chi connectivity index (χ2n) is 2.57. The Balaban J connectivity index is 0.000001000. The topological polar surface area (TPSA) is 30.5 Å². The Hall–Kier alpha value is 0.170. The molecule has 1 heterocycles. The fraction of sp³-hybridized carbons (Fsp3) is 1.00. The quantitative estimate of drug-likeness (QED) is 0.639. The van der Waals surface area contributed by atoms with Gasteiger partial charge in [0.25, 0.3) is 0 Å². The van der Waals surface area contributed by atoms with Gasteiger partial charge in [0.05, 0.1) is 0 Å². The van der Waals surface area contributed by atoms with E-state index in [0.717, 1.165) is 25.9 Å². The Morgan fingerprint density at radius 1 is 1.09 bits per heavy atom. The van der Waals surface area contributed by atoms with E-state index in [1.807, 2.05) is 0 Å². The van der Waals surface area contributed by atoms with Crippen molar-refractivity contribution < 1.29 is 9.47 Å². The Kier molecular flexibility index (Phi) is 5.01. The van der Waals surface area contributed by atoms with Crippen LogP contribution in [0.4, 0.5) is 0 Å². The van der Waals surface area contributed by atoms with Crippen molar-refractivity contribution in [3.63, 3.8) is 0 Å². The average Bonchev–Trinajstić information content (AvgIpc) is 2.06. The number of hydrogen-bond donors (Lipinski definition) is 1. The third-order valence-electron chi connectivity index (χ3n) is 2.11. The molecule has 1 N–H and O–H groups in total. The first-order valence-electron chi connectivity index (χ1n) is 3.64.